The molecule has 0 amide bonds. The number of ether oxygens (including phenoxy) is 2. The second-order valence-corrected chi connectivity index (χ2v) is 3.96. The average molecular weight is 201 g/mol. The average Bonchev–Trinajstić information content (AvgIpc) is 2.10. The zero-order valence-electron chi connectivity index (χ0n) is 8.75. The summed E-state index contributed by atoms with van der Waals surface area (Å²) in [5, 5.41) is 0. The Hall–Kier alpha value is -0.610. The van der Waals surface area contributed by atoms with E-state index in [1.165, 1.54) is 0 Å². The molecule has 14 heavy (non-hydrogen) atoms. The smallest absolute Gasteiger partial charge is 0.307 e. The van der Waals surface area contributed by atoms with Crippen LogP contribution < -0.4 is 5.73 Å². The lowest BCUT2D eigenvalue weighted by molar-refractivity contribution is -0.146. The van der Waals surface area contributed by atoms with Gasteiger partial charge in [0.05, 0.1) is 13.0 Å². The van der Waals surface area contributed by atoms with E-state index in [2.05, 4.69) is 0 Å². The lowest BCUT2D eigenvalue weighted by Gasteiger charge is -2.37. The molecular formula is C10H19NO3. The van der Waals surface area contributed by atoms with Crippen molar-refractivity contribution in [3.8, 4) is 0 Å². The van der Waals surface area contributed by atoms with Gasteiger partial charge in [-0.05, 0) is 19.3 Å². The van der Waals surface area contributed by atoms with Gasteiger partial charge in [-0.25, -0.2) is 0 Å². The van der Waals surface area contributed by atoms with Crippen LogP contribution in [-0.2, 0) is 14.3 Å². The molecule has 4 nitrogen and oxygen atoms in total. The molecule has 0 unspecified atom stereocenters. The third-order valence-corrected chi connectivity index (χ3v) is 2.60. The van der Waals surface area contributed by atoms with Crippen molar-refractivity contribution in [2.45, 2.75) is 37.6 Å². The topological polar surface area (TPSA) is 61.5 Å². The van der Waals surface area contributed by atoms with Gasteiger partial charge in [0.25, 0.3) is 0 Å². The molecule has 4 heteroatoms. The van der Waals surface area contributed by atoms with Crippen LogP contribution >= 0.6 is 0 Å². The molecule has 0 spiro atoms. The summed E-state index contributed by atoms with van der Waals surface area (Å²) < 4.78 is 9.86. The molecule has 0 radical (unpaired) electrons. The fraction of sp³-hybridized carbons (Fsp3) is 0.900. The third-order valence-electron chi connectivity index (χ3n) is 2.60. The Morgan fingerprint density at radius 2 is 2.14 bits per heavy atom. The van der Waals surface area contributed by atoms with Crippen LogP contribution in [0.2, 0.25) is 0 Å². The highest BCUT2D eigenvalue weighted by Gasteiger charge is 2.35. The van der Waals surface area contributed by atoms with Crippen molar-refractivity contribution in [2.24, 2.45) is 5.73 Å². The molecule has 0 saturated heterocycles. The molecule has 0 aromatic rings. The Bertz CT molecular complexity index is 190. The minimum atomic E-state index is -0.266. The first-order valence-corrected chi connectivity index (χ1v) is 5.10. The van der Waals surface area contributed by atoms with Gasteiger partial charge < -0.3 is 15.2 Å². The maximum Gasteiger partial charge on any atom is 0.307 e. The summed E-state index contributed by atoms with van der Waals surface area (Å²) in [5.74, 6) is -0.177. The highest BCUT2D eigenvalue weighted by molar-refractivity contribution is 5.71. The fourth-order valence-electron chi connectivity index (χ4n) is 1.54. The molecule has 1 aliphatic carbocycles. The molecule has 0 aromatic carbocycles. The van der Waals surface area contributed by atoms with E-state index < -0.39 is 0 Å². The Kier molecular flexibility index (Phi) is 4.35. The second-order valence-electron chi connectivity index (χ2n) is 3.96. The zero-order chi connectivity index (χ0) is 10.4. The van der Waals surface area contributed by atoms with Gasteiger partial charge in [-0.1, -0.05) is 0 Å². The monoisotopic (exact) mass is 201 g/mol. The lowest BCUT2D eigenvalue weighted by Crippen LogP contribution is -2.48. The summed E-state index contributed by atoms with van der Waals surface area (Å²) in [4.78, 5) is 11.3. The first kappa shape index (κ1) is 11.5. The number of methoxy groups -OCH3 is 1. The van der Waals surface area contributed by atoms with E-state index in [1.807, 2.05) is 0 Å². The van der Waals surface area contributed by atoms with Gasteiger partial charge in [0.2, 0.25) is 0 Å². The predicted molar refractivity (Wildman–Crippen MR) is 52.8 cm³/mol. The number of hydrogen-bond acceptors (Lipinski definition) is 4. The van der Waals surface area contributed by atoms with E-state index in [-0.39, 0.29) is 11.5 Å². The summed E-state index contributed by atoms with van der Waals surface area (Å²) in [6, 6.07) is 0. The Labute approximate surface area is 84.7 Å². The van der Waals surface area contributed by atoms with Crippen LogP contribution in [0.15, 0.2) is 0 Å². The maximum absolute atomic E-state index is 11.3. The van der Waals surface area contributed by atoms with E-state index in [4.69, 9.17) is 15.2 Å². The number of rotatable bonds is 6. The molecule has 0 atom stereocenters. The molecule has 82 valence electrons. The molecule has 0 aromatic heterocycles. The van der Waals surface area contributed by atoms with Crippen molar-refractivity contribution in [3.05, 3.63) is 0 Å². The molecule has 1 rings (SSSR count). The fourth-order valence-corrected chi connectivity index (χ4v) is 1.54. The molecule has 1 aliphatic rings. The Balaban J connectivity index is 2.04. The van der Waals surface area contributed by atoms with Gasteiger partial charge in [-0.2, -0.15) is 0 Å². The first-order chi connectivity index (χ1) is 6.66. The minimum absolute atomic E-state index is 0.177. The van der Waals surface area contributed by atoms with E-state index in [1.54, 1.807) is 7.11 Å². The van der Waals surface area contributed by atoms with Gasteiger partial charge in [-0.15, -0.1) is 0 Å². The normalized spacial score (nSPS) is 18.7. The number of carbonyl (C=O) groups is 1. The van der Waals surface area contributed by atoms with E-state index in [0.29, 0.717) is 19.6 Å². The summed E-state index contributed by atoms with van der Waals surface area (Å²) in [6.45, 7) is 1.06. The number of esters is 1. The number of carbonyl (C=O) groups excluding carboxylic acids is 1. The van der Waals surface area contributed by atoms with Crippen molar-refractivity contribution in [3.63, 3.8) is 0 Å². The van der Waals surface area contributed by atoms with Crippen LogP contribution in [-0.4, -0.2) is 31.8 Å². The molecule has 0 heterocycles. The maximum atomic E-state index is 11.3. The van der Waals surface area contributed by atoms with Crippen LogP contribution in [0.3, 0.4) is 0 Å². The lowest BCUT2D eigenvalue weighted by atomic mass is 9.75. The van der Waals surface area contributed by atoms with Crippen molar-refractivity contribution in [1.82, 2.24) is 0 Å². The van der Waals surface area contributed by atoms with Crippen LogP contribution in [0.25, 0.3) is 0 Å². The van der Waals surface area contributed by atoms with Crippen LogP contribution in [0.1, 0.15) is 32.1 Å². The van der Waals surface area contributed by atoms with E-state index in [9.17, 15) is 4.79 Å². The van der Waals surface area contributed by atoms with E-state index >= 15 is 0 Å². The zero-order valence-corrected chi connectivity index (χ0v) is 8.75. The van der Waals surface area contributed by atoms with Crippen LogP contribution in [0.5, 0.6) is 0 Å². The van der Waals surface area contributed by atoms with Crippen molar-refractivity contribution >= 4 is 5.97 Å². The van der Waals surface area contributed by atoms with Crippen molar-refractivity contribution < 1.29 is 14.3 Å². The van der Waals surface area contributed by atoms with Gasteiger partial charge in [0, 0.05) is 25.7 Å². The van der Waals surface area contributed by atoms with Crippen molar-refractivity contribution in [2.75, 3.05) is 20.3 Å². The number of nitrogens with two attached hydrogens (primary N) is 1. The predicted octanol–water partition coefficient (Wildman–Crippen LogP) is 0.838. The summed E-state index contributed by atoms with van der Waals surface area (Å²) >= 11 is 0. The molecule has 2 N–H and O–H groups in total. The van der Waals surface area contributed by atoms with Gasteiger partial charge in [0.1, 0.15) is 0 Å². The SMILES string of the molecule is COCCCOC(=O)CC1(N)CCC1. The Morgan fingerprint density at radius 1 is 1.43 bits per heavy atom. The minimum Gasteiger partial charge on any atom is -0.466 e. The number of hydrogen-bond donors (Lipinski definition) is 1. The highest BCUT2D eigenvalue weighted by Crippen LogP contribution is 2.32. The summed E-state index contributed by atoms with van der Waals surface area (Å²) in [7, 11) is 1.63. The van der Waals surface area contributed by atoms with Crippen LogP contribution in [0, 0.1) is 0 Å². The molecule has 0 bridgehead atoms. The van der Waals surface area contributed by atoms with Crippen molar-refractivity contribution in [1.29, 1.82) is 0 Å². The van der Waals surface area contributed by atoms with Gasteiger partial charge >= 0.3 is 5.97 Å². The molecular weight excluding hydrogens is 182 g/mol. The molecule has 1 fully saturated rings. The highest BCUT2D eigenvalue weighted by atomic mass is 16.5. The van der Waals surface area contributed by atoms with Gasteiger partial charge in [-0.3, -0.25) is 4.79 Å². The summed E-state index contributed by atoms with van der Waals surface area (Å²) in [5.41, 5.74) is 5.64. The summed E-state index contributed by atoms with van der Waals surface area (Å²) in [6.07, 6.45) is 4.13. The first-order valence-electron chi connectivity index (χ1n) is 5.10. The molecule has 0 aliphatic heterocycles. The van der Waals surface area contributed by atoms with Gasteiger partial charge in [0.15, 0.2) is 0 Å². The van der Waals surface area contributed by atoms with E-state index in [0.717, 1.165) is 25.7 Å². The standard InChI is InChI=1S/C10H19NO3/c1-13-6-3-7-14-9(12)8-10(11)4-2-5-10/h2-8,11H2,1H3. The second kappa shape index (κ2) is 5.32. The quantitative estimate of drug-likeness (QED) is 0.511. The largest absolute Gasteiger partial charge is 0.466 e. The van der Waals surface area contributed by atoms with Crippen LogP contribution in [0.4, 0.5) is 0 Å². The third kappa shape index (κ3) is 3.64. The Morgan fingerprint density at radius 3 is 2.64 bits per heavy atom. The molecule has 1 saturated carbocycles.